The molecule has 6 heteroatoms. The second kappa shape index (κ2) is 6.61. The van der Waals surface area contributed by atoms with Crippen LogP contribution in [0.3, 0.4) is 0 Å². The highest BCUT2D eigenvalue weighted by Crippen LogP contribution is 2.32. The van der Waals surface area contributed by atoms with Crippen LogP contribution in [0.15, 0.2) is 24.3 Å². The second-order valence-corrected chi connectivity index (χ2v) is 5.16. The number of rotatable bonds is 7. The van der Waals surface area contributed by atoms with Crippen molar-refractivity contribution in [1.82, 2.24) is 5.32 Å². The molecule has 0 heterocycles. The van der Waals surface area contributed by atoms with Crippen LogP contribution in [0.25, 0.3) is 0 Å². The topological polar surface area (TPSA) is 75.6 Å². The summed E-state index contributed by atoms with van der Waals surface area (Å²) in [5.74, 6) is -0.718. The summed E-state index contributed by atoms with van der Waals surface area (Å²) in [5.41, 5.74) is 0. The minimum atomic E-state index is -0.979. The van der Waals surface area contributed by atoms with E-state index >= 15 is 0 Å². The number of nitrogens with one attached hydrogen (secondary N) is 1. The third-order valence-electron chi connectivity index (χ3n) is 3.10. The van der Waals surface area contributed by atoms with Crippen LogP contribution in [-0.2, 0) is 9.59 Å². The molecular formula is C14H16ClNO4. The quantitative estimate of drug-likeness (QED) is 0.808. The Bertz CT molecular complexity index is 502. The fourth-order valence-electron chi connectivity index (χ4n) is 1.87. The Labute approximate surface area is 121 Å². The summed E-state index contributed by atoms with van der Waals surface area (Å²) in [6.07, 6.45) is 1.81. The smallest absolute Gasteiger partial charge is 0.326 e. The third kappa shape index (κ3) is 4.13. The lowest BCUT2D eigenvalue weighted by Crippen LogP contribution is -2.42. The van der Waals surface area contributed by atoms with Crippen LogP contribution in [0.1, 0.15) is 19.3 Å². The van der Waals surface area contributed by atoms with E-state index in [1.807, 2.05) is 0 Å². The highest BCUT2D eigenvalue weighted by Gasteiger charge is 2.37. The molecule has 0 spiro atoms. The number of benzene rings is 1. The van der Waals surface area contributed by atoms with Gasteiger partial charge >= 0.3 is 5.97 Å². The number of hydrogen-bond donors (Lipinski definition) is 2. The van der Waals surface area contributed by atoms with E-state index in [2.05, 4.69) is 5.32 Å². The number of aliphatic carboxylic acids is 1. The standard InChI is InChI=1S/C14H16ClNO4/c15-10-3-1-2-4-11(10)20-8-7-12(17)16-13(14(18)19)9-5-6-9/h1-4,9,13H,5-8H2,(H,16,17)(H,18,19). The molecule has 0 saturated heterocycles. The van der Waals surface area contributed by atoms with Gasteiger partial charge in [-0.25, -0.2) is 4.79 Å². The van der Waals surface area contributed by atoms with Gasteiger partial charge in [-0.05, 0) is 30.9 Å². The summed E-state index contributed by atoms with van der Waals surface area (Å²) < 4.78 is 5.39. The van der Waals surface area contributed by atoms with Crippen molar-refractivity contribution in [2.24, 2.45) is 5.92 Å². The normalized spacial score (nSPS) is 15.4. The molecule has 1 aliphatic carbocycles. The molecule has 1 atom stereocenters. The molecule has 2 rings (SSSR count). The number of hydrogen-bond acceptors (Lipinski definition) is 3. The first-order valence-corrected chi connectivity index (χ1v) is 6.85. The molecule has 1 saturated carbocycles. The molecule has 1 aromatic carbocycles. The van der Waals surface area contributed by atoms with Gasteiger partial charge in [0.25, 0.3) is 0 Å². The average molecular weight is 298 g/mol. The van der Waals surface area contributed by atoms with E-state index in [1.54, 1.807) is 24.3 Å². The van der Waals surface area contributed by atoms with Gasteiger partial charge in [-0.1, -0.05) is 23.7 Å². The maximum atomic E-state index is 11.7. The zero-order chi connectivity index (χ0) is 14.5. The van der Waals surface area contributed by atoms with Crippen LogP contribution in [0.2, 0.25) is 5.02 Å². The summed E-state index contributed by atoms with van der Waals surface area (Å²) in [6, 6.07) is 6.21. The minimum absolute atomic E-state index is 0.0703. The second-order valence-electron chi connectivity index (χ2n) is 4.75. The Balaban J connectivity index is 1.75. The minimum Gasteiger partial charge on any atom is -0.491 e. The average Bonchev–Trinajstić information content (AvgIpc) is 3.22. The van der Waals surface area contributed by atoms with Crippen molar-refractivity contribution >= 4 is 23.5 Å². The lowest BCUT2D eigenvalue weighted by atomic mass is 10.2. The molecule has 0 aromatic heterocycles. The highest BCUT2D eigenvalue weighted by molar-refractivity contribution is 6.32. The largest absolute Gasteiger partial charge is 0.491 e. The van der Waals surface area contributed by atoms with Crippen LogP contribution in [0, 0.1) is 5.92 Å². The van der Waals surface area contributed by atoms with E-state index in [1.165, 1.54) is 0 Å². The molecule has 1 amide bonds. The van der Waals surface area contributed by atoms with Crippen molar-refractivity contribution < 1.29 is 19.4 Å². The van der Waals surface area contributed by atoms with E-state index < -0.39 is 12.0 Å². The van der Waals surface area contributed by atoms with E-state index in [0.717, 1.165) is 12.8 Å². The van der Waals surface area contributed by atoms with E-state index in [-0.39, 0.29) is 24.9 Å². The molecule has 108 valence electrons. The molecule has 20 heavy (non-hydrogen) atoms. The Morgan fingerprint density at radius 1 is 1.40 bits per heavy atom. The van der Waals surface area contributed by atoms with Crippen LogP contribution in [-0.4, -0.2) is 29.6 Å². The van der Waals surface area contributed by atoms with Gasteiger partial charge in [-0.3, -0.25) is 4.79 Å². The van der Waals surface area contributed by atoms with Crippen molar-refractivity contribution in [1.29, 1.82) is 0 Å². The molecule has 1 fully saturated rings. The number of carbonyl (C=O) groups is 2. The summed E-state index contributed by atoms with van der Waals surface area (Å²) in [7, 11) is 0. The van der Waals surface area contributed by atoms with Gasteiger partial charge in [-0.2, -0.15) is 0 Å². The van der Waals surface area contributed by atoms with Gasteiger partial charge in [-0.15, -0.1) is 0 Å². The van der Waals surface area contributed by atoms with Crippen LogP contribution in [0.4, 0.5) is 0 Å². The lowest BCUT2D eigenvalue weighted by molar-refractivity contribution is -0.142. The van der Waals surface area contributed by atoms with Crippen LogP contribution >= 0.6 is 11.6 Å². The van der Waals surface area contributed by atoms with Crippen molar-refractivity contribution in [2.45, 2.75) is 25.3 Å². The summed E-state index contributed by atoms with van der Waals surface area (Å²) in [5, 5.41) is 12.0. The molecule has 0 bridgehead atoms. The van der Waals surface area contributed by atoms with Crippen LogP contribution in [0.5, 0.6) is 5.75 Å². The number of halogens is 1. The van der Waals surface area contributed by atoms with Gasteiger partial charge in [0, 0.05) is 0 Å². The molecule has 1 aromatic rings. The number of carboxylic acid groups (broad SMARTS) is 1. The predicted molar refractivity (Wildman–Crippen MR) is 73.9 cm³/mol. The van der Waals surface area contributed by atoms with E-state index in [9.17, 15) is 9.59 Å². The number of carbonyl (C=O) groups excluding carboxylic acids is 1. The third-order valence-corrected chi connectivity index (χ3v) is 3.41. The fourth-order valence-corrected chi connectivity index (χ4v) is 2.06. The zero-order valence-corrected chi connectivity index (χ0v) is 11.6. The predicted octanol–water partition coefficient (Wildman–Crippen LogP) is 2.09. The molecular weight excluding hydrogens is 282 g/mol. The molecule has 0 radical (unpaired) electrons. The Hall–Kier alpha value is -1.75. The molecule has 0 aliphatic heterocycles. The number of amides is 1. The lowest BCUT2D eigenvalue weighted by Gasteiger charge is -2.13. The van der Waals surface area contributed by atoms with Gasteiger partial charge in [0.1, 0.15) is 11.8 Å². The number of carboxylic acids is 1. The van der Waals surface area contributed by atoms with Gasteiger partial charge < -0.3 is 15.2 Å². The Morgan fingerprint density at radius 3 is 2.70 bits per heavy atom. The van der Waals surface area contributed by atoms with Crippen molar-refractivity contribution in [3.05, 3.63) is 29.3 Å². The zero-order valence-electron chi connectivity index (χ0n) is 10.8. The fraction of sp³-hybridized carbons (Fsp3) is 0.429. The molecule has 1 aliphatic rings. The van der Waals surface area contributed by atoms with Gasteiger partial charge in [0.2, 0.25) is 5.91 Å². The van der Waals surface area contributed by atoms with Crippen molar-refractivity contribution in [2.75, 3.05) is 6.61 Å². The van der Waals surface area contributed by atoms with Crippen LogP contribution < -0.4 is 10.1 Å². The summed E-state index contributed by atoms with van der Waals surface area (Å²) in [4.78, 5) is 22.7. The number of para-hydroxylation sites is 1. The van der Waals surface area contributed by atoms with Crippen molar-refractivity contribution in [3.8, 4) is 5.75 Å². The van der Waals surface area contributed by atoms with E-state index in [4.69, 9.17) is 21.4 Å². The maximum absolute atomic E-state index is 11.7. The monoisotopic (exact) mass is 297 g/mol. The Kier molecular flexibility index (Phi) is 4.84. The molecule has 1 unspecified atom stereocenters. The first-order chi connectivity index (χ1) is 9.58. The van der Waals surface area contributed by atoms with Gasteiger partial charge in [0.05, 0.1) is 18.1 Å². The summed E-state index contributed by atoms with van der Waals surface area (Å²) >= 11 is 5.91. The first-order valence-electron chi connectivity index (χ1n) is 6.47. The van der Waals surface area contributed by atoms with E-state index in [0.29, 0.717) is 10.8 Å². The summed E-state index contributed by atoms with van der Waals surface area (Å²) in [6.45, 7) is 0.159. The molecule has 2 N–H and O–H groups in total. The number of ether oxygens (including phenoxy) is 1. The highest BCUT2D eigenvalue weighted by atomic mass is 35.5. The molecule has 5 nitrogen and oxygen atoms in total. The van der Waals surface area contributed by atoms with Crippen molar-refractivity contribution in [3.63, 3.8) is 0 Å². The Morgan fingerprint density at radius 2 is 2.10 bits per heavy atom. The maximum Gasteiger partial charge on any atom is 0.326 e. The first kappa shape index (κ1) is 14.7. The SMILES string of the molecule is O=C(CCOc1ccccc1Cl)NC(C(=O)O)C1CC1. The van der Waals surface area contributed by atoms with Gasteiger partial charge in [0.15, 0.2) is 0 Å².